The van der Waals surface area contributed by atoms with Crippen molar-refractivity contribution in [2.24, 2.45) is 0 Å². The summed E-state index contributed by atoms with van der Waals surface area (Å²) in [4.78, 5) is 0. The first-order valence-electron chi connectivity index (χ1n) is 7.74. The Bertz CT molecular complexity index is 557. The van der Waals surface area contributed by atoms with Crippen LogP contribution in [0.25, 0.3) is 0 Å². The van der Waals surface area contributed by atoms with Crippen LogP contribution < -0.4 is 0 Å². The average Bonchev–Trinajstić information content (AvgIpc) is 2.61. The summed E-state index contributed by atoms with van der Waals surface area (Å²) < 4.78 is 24.4. The van der Waals surface area contributed by atoms with Crippen LogP contribution in [0.4, 0.5) is 0 Å². The highest BCUT2D eigenvalue weighted by atomic mass is 79.9. The van der Waals surface area contributed by atoms with E-state index >= 15 is 0 Å². The first-order chi connectivity index (χ1) is 11.2. The van der Waals surface area contributed by atoms with E-state index in [1.807, 2.05) is 60.7 Å². The minimum atomic E-state index is -3.10. The minimum absolute atomic E-state index is 0.307. The van der Waals surface area contributed by atoms with Crippen molar-refractivity contribution in [3.63, 3.8) is 0 Å². The van der Waals surface area contributed by atoms with Crippen LogP contribution >= 0.6 is 23.5 Å². The Labute approximate surface area is 146 Å². The highest BCUT2D eigenvalue weighted by molar-refractivity contribution is 9.09. The summed E-state index contributed by atoms with van der Waals surface area (Å²) in [5.41, 5.74) is 1.99. The zero-order valence-corrected chi connectivity index (χ0v) is 15.5. The van der Waals surface area contributed by atoms with Gasteiger partial charge in [0, 0.05) is 5.33 Å². The van der Waals surface area contributed by atoms with Gasteiger partial charge in [-0.1, -0.05) is 76.6 Å². The van der Waals surface area contributed by atoms with E-state index < -0.39 is 7.60 Å². The van der Waals surface area contributed by atoms with Crippen LogP contribution in [-0.4, -0.2) is 11.5 Å². The monoisotopic (exact) mass is 396 g/mol. The molecule has 0 atom stereocenters. The molecule has 0 radical (unpaired) electrons. The molecule has 0 heterocycles. The van der Waals surface area contributed by atoms with Gasteiger partial charge in [0.25, 0.3) is 0 Å². The maximum atomic E-state index is 13.0. The number of benzene rings is 2. The normalized spacial score (nSPS) is 11.5. The molecule has 0 N–H and O–H groups in total. The van der Waals surface area contributed by atoms with Gasteiger partial charge in [-0.2, -0.15) is 0 Å². The smallest absolute Gasteiger partial charge is 0.304 e. The molecule has 0 bridgehead atoms. The van der Waals surface area contributed by atoms with Crippen molar-refractivity contribution >= 4 is 23.5 Å². The quantitative estimate of drug-likeness (QED) is 0.289. The van der Waals surface area contributed by atoms with Gasteiger partial charge in [-0.05, 0) is 24.0 Å². The molecule has 0 aliphatic rings. The standard InChI is InChI=1S/C18H22BrO3P/c19-13-7-8-14-23(20,21-15-17-9-3-1-4-10-17)22-16-18-11-5-2-6-12-18/h1-6,9-12H,7-8,13-16H2. The van der Waals surface area contributed by atoms with Gasteiger partial charge in [0.2, 0.25) is 0 Å². The maximum Gasteiger partial charge on any atom is 0.331 e. The Hall–Kier alpha value is -0.930. The minimum Gasteiger partial charge on any atom is -0.304 e. The van der Waals surface area contributed by atoms with Crippen LogP contribution in [0.5, 0.6) is 0 Å². The third-order valence-electron chi connectivity index (χ3n) is 3.36. The van der Waals surface area contributed by atoms with Crippen molar-refractivity contribution < 1.29 is 13.6 Å². The molecule has 2 rings (SSSR count). The molecule has 0 aliphatic carbocycles. The van der Waals surface area contributed by atoms with E-state index in [0.717, 1.165) is 29.3 Å². The summed E-state index contributed by atoms with van der Waals surface area (Å²) in [6.45, 7) is 0.614. The van der Waals surface area contributed by atoms with Gasteiger partial charge < -0.3 is 9.05 Å². The Morgan fingerprint density at radius 1 is 0.783 bits per heavy atom. The van der Waals surface area contributed by atoms with Gasteiger partial charge >= 0.3 is 7.60 Å². The molecule has 2 aromatic carbocycles. The first-order valence-corrected chi connectivity index (χ1v) is 10.6. The molecular weight excluding hydrogens is 375 g/mol. The van der Waals surface area contributed by atoms with Gasteiger partial charge in [-0.25, -0.2) is 0 Å². The Morgan fingerprint density at radius 2 is 1.26 bits per heavy atom. The van der Waals surface area contributed by atoms with Gasteiger partial charge in [-0.3, -0.25) is 4.57 Å². The number of unbranched alkanes of at least 4 members (excludes halogenated alkanes) is 1. The van der Waals surface area contributed by atoms with Crippen LogP contribution in [0.2, 0.25) is 0 Å². The topological polar surface area (TPSA) is 35.5 Å². The molecule has 0 aromatic heterocycles. The third kappa shape index (κ3) is 7.01. The van der Waals surface area contributed by atoms with E-state index in [2.05, 4.69) is 15.9 Å². The van der Waals surface area contributed by atoms with Crippen molar-refractivity contribution in [2.45, 2.75) is 26.1 Å². The molecule has 3 nitrogen and oxygen atoms in total. The maximum absolute atomic E-state index is 13.0. The summed E-state index contributed by atoms with van der Waals surface area (Å²) in [5, 5.41) is 0.893. The zero-order valence-electron chi connectivity index (χ0n) is 13.1. The van der Waals surface area contributed by atoms with Crippen molar-refractivity contribution in [1.29, 1.82) is 0 Å². The van der Waals surface area contributed by atoms with Gasteiger partial charge in [0.15, 0.2) is 0 Å². The van der Waals surface area contributed by atoms with Crippen LogP contribution in [0.3, 0.4) is 0 Å². The highest BCUT2D eigenvalue weighted by Crippen LogP contribution is 2.50. The molecule has 124 valence electrons. The van der Waals surface area contributed by atoms with E-state index in [0.29, 0.717) is 19.4 Å². The second kappa shape index (κ2) is 10.0. The highest BCUT2D eigenvalue weighted by Gasteiger charge is 2.24. The summed E-state index contributed by atoms with van der Waals surface area (Å²) in [7, 11) is -3.10. The number of halogens is 1. The molecule has 5 heteroatoms. The van der Waals surface area contributed by atoms with Crippen molar-refractivity contribution in [2.75, 3.05) is 11.5 Å². The predicted molar refractivity (Wildman–Crippen MR) is 98.0 cm³/mol. The lowest BCUT2D eigenvalue weighted by molar-refractivity contribution is 0.191. The first kappa shape index (κ1) is 18.4. The number of rotatable bonds is 10. The van der Waals surface area contributed by atoms with Crippen LogP contribution in [-0.2, 0) is 26.8 Å². The third-order valence-corrected chi connectivity index (χ3v) is 5.83. The summed E-state index contributed by atoms with van der Waals surface area (Å²) in [6, 6.07) is 19.5. The Kier molecular flexibility index (Phi) is 8.04. The SMILES string of the molecule is O=P(CCCCBr)(OCc1ccccc1)OCc1ccccc1. The van der Waals surface area contributed by atoms with E-state index in [1.54, 1.807) is 0 Å². The van der Waals surface area contributed by atoms with Gasteiger partial charge in [0.05, 0.1) is 19.4 Å². The summed E-state index contributed by atoms with van der Waals surface area (Å²) >= 11 is 3.40. The number of hydrogen-bond donors (Lipinski definition) is 0. The number of alkyl halides is 1. The van der Waals surface area contributed by atoms with Crippen molar-refractivity contribution in [3.05, 3.63) is 71.8 Å². The van der Waals surface area contributed by atoms with Crippen LogP contribution in [0.1, 0.15) is 24.0 Å². The second-order valence-corrected chi connectivity index (χ2v) is 8.23. The molecular formula is C18H22BrO3P. The number of hydrogen-bond acceptors (Lipinski definition) is 3. The fourth-order valence-electron chi connectivity index (χ4n) is 2.06. The molecule has 0 aliphatic heterocycles. The van der Waals surface area contributed by atoms with E-state index in [-0.39, 0.29) is 0 Å². The van der Waals surface area contributed by atoms with Crippen LogP contribution in [0.15, 0.2) is 60.7 Å². The second-order valence-electron chi connectivity index (χ2n) is 5.25. The van der Waals surface area contributed by atoms with Crippen molar-refractivity contribution in [3.8, 4) is 0 Å². The zero-order chi connectivity index (χ0) is 16.4. The molecule has 0 amide bonds. The largest absolute Gasteiger partial charge is 0.331 e. The molecule has 0 saturated heterocycles. The lowest BCUT2D eigenvalue weighted by atomic mass is 10.2. The lowest BCUT2D eigenvalue weighted by Gasteiger charge is -2.19. The fourth-order valence-corrected chi connectivity index (χ4v) is 4.09. The molecule has 0 fully saturated rings. The summed E-state index contributed by atoms with van der Waals surface area (Å²) in [5.74, 6) is 0. The van der Waals surface area contributed by atoms with E-state index in [4.69, 9.17) is 9.05 Å². The molecule has 0 unspecified atom stereocenters. The fraction of sp³-hybridized carbons (Fsp3) is 0.333. The lowest BCUT2D eigenvalue weighted by Crippen LogP contribution is -2.02. The molecule has 0 spiro atoms. The van der Waals surface area contributed by atoms with Gasteiger partial charge in [-0.15, -0.1) is 0 Å². The summed E-state index contributed by atoms with van der Waals surface area (Å²) in [6.07, 6.45) is 2.21. The molecule has 23 heavy (non-hydrogen) atoms. The van der Waals surface area contributed by atoms with E-state index in [9.17, 15) is 4.57 Å². The molecule has 0 saturated carbocycles. The average molecular weight is 397 g/mol. The van der Waals surface area contributed by atoms with E-state index in [1.165, 1.54) is 0 Å². The van der Waals surface area contributed by atoms with Crippen LogP contribution in [0, 0.1) is 0 Å². The van der Waals surface area contributed by atoms with Crippen molar-refractivity contribution in [1.82, 2.24) is 0 Å². The Morgan fingerprint density at radius 3 is 1.70 bits per heavy atom. The predicted octanol–water partition coefficient (Wildman–Crippen LogP) is 5.79. The Balaban J connectivity index is 1.94. The molecule has 2 aromatic rings. The van der Waals surface area contributed by atoms with Gasteiger partial charge in [0.1, 0.15) is 0 Å².